The van der Waals surface area contributed by atoms with Crippen molar-refractivity contribution in [2.24, 2.45) is 7.05 Å². The van der Waals surface area contributed by atoms with Crippen molar-refractivity contribution in [3.8, 4) is 0 Å². The second-order valence-electron chi connectivity index (χ2n) is 6.96. The summed E-state index contributed by atoms with van der Waals surface area (Å²) in [6, 6.07) is -0.0500. The van der Waals surface area contributed by atoms with E-state index in [1.807, 2.05) is 30.5 Å². The first-order chi connectivity index (χ1) is 11.5. The lowest BCUT2D eigenvalue weighted by atomic mass is 10.1. The molecule has 2 fully saturated rings. The van der Waals surface area contributed by atoms with E-state index in [1.165, 1.54) is 0 Å². The zero-order valence-corrected chi connectivity index (χ0v) is 14.4. The molecule has 0 N–H and O–H groups in total. The van der Waals surface area contributed by atoms with Gasteiger partial charge in [0.05, 0.1) is 18.2 Å². The van der Waals surface area contributed by atoms with E-state index in [0.29, 0.717) is 18.2 Å². The van der Waals surface area contributed by atoms with Crippen molar-refractivity contribution in [3.05, 3.63) is 28.7 Å². The van der Waals surface area contributed by atoms with Crippen molar-refractivity contribution in [2.75, 3.05) is 6.54 Å². The standard InChI is InChI=1S/C17H23N5O2/c1-10-13(11(2)21(3)19-10)9-15(23)22-8-4-5-14(22)16-18-17(24-20-16)12-6-7-12/h12,14H,4-9H2,1-3H3/t14-/m1/s1. The fourth-order valence-corrected chi connectivity index (χ4v) is 3.54. The van der Waals surface area contributed by atoms with Crippen molar-refractivity contribution in [1.82, 2.24) is 24.8 Å². The van der Waals surface area contributed by atoms with Crippen LogP contribution in [0.3, 0.4) is 0 Å². The molecule has 7 heteroatoms. The fourth-order valence-electron chi connectivity index (χ4n) is 3.54. The van der Waals surface area contributed by atoms with Gasteiger partial charge in [-0.1, -0.05) is 5.16 Å². The van der Waals surface area contributed by atoms with E-state index in [0.717, 1.165) is 55.1 Å². The molecule has 1 amide bonds. The maximum absolute atomic E-state index is 12.9. The molecule has 0 unspecified atom stereocenters. The number of carbonyl (C=O) groups excluding carboxylic acids is 1. The Morgan fingerprint density at radius 1 is 1.29 bits per heavy atom. The predicted octanol–water partition coefficient (Wildman–Crippen LogP) is 2.20. The summed E-state index contributed by atoms with van der Waals surface area (Å²) in [5.74, 6) is 1.97. The number of amides is 1. The van der Waals surface area contributed by atoms with Crippen LogP contribution >= 0.6 is 0 Å². The zero-order valence-electron chi connectivity index (χ0n) is 14.4. The van der Waals surface area contributed by atoms with Gasteiger partial charge < -0.3 is 9.42 Å². The van der Waals surface area contributed by atoms with Gasteiger partial charge in [0.15, 0.2) is 5.82 Å². The molecule has 1 aliphatic carbocycles. The van der Waals surface area contributed by atoms with Crippen LogP contribution in [0, 0.1) is 13.8 Å². The van der Waals surface area contributed by atoms with Crippen LogP contribution in [-0.2, 0) is 18.3 Å². The summed E-state index contributed by atoms with van der Waals surface area (Å²) in [5, 5.41) is 8.55. The highest BCUT2D eigenvalue weighted by Gasteiger charge is 2.36. The van der Waals surface area contributed by atoms with Crippen LogP contribution in [0.5, 0.6) is 0 Å². The fraction of sp³-hybridized carbons (Fsp3) is 0.647. The summed E-state index contributed by atoms with van der Waals surface area (Å²) in [6.45, 7) is 4.72. The Hall–Kier alpha value is -2.18. The normalized spacial score (nSPS) is 20.8. The van der Waals surface area contributed by atoms with Crippen LogP contribution in [0.1, 0.15) is 66.3 Å². The minimum Gasteiger partial charge on any atom is -0.339 e. The lowest BCUT2D eigenvalue weighted by Crippen LogP contribution is -2.32. The van der Waals surface area contributed by atoms with Gasteiger partial charge in [0.1, 0.15) is 0 Å². The molecule has 2 aliphatic rings. The number of carbonyl (C=O) groups is 1. The monoisotopic (exact) mass is 329 g/mol. The Morgan fingerprint density at radius 2 is 2.08 bits per heavy atom. The average molecular weight is 329 g/mol. The molecule has 1 atom stereocenters. The summed E-state index contributed by atoms with van der Waals surface area (Å²) in [6.07, 6.45) is 4.54. The molecular weight excluding hydrogens is 306 g/mol. The van der Waals surface area contributed by atoms with Gasteiger partial charge in [-0.15, -0.1) is 0 Å². The first-order valence-corrected chi connectivity index (χ1v) is 8.66. The quantitative estimate of drug-likeness (QED) is 0.859. The number of nitrogens with zero attached hydrogens (tertiary/aromatic N) is 5. The van der Waals surface area contributed by atoms with Crippen molar-refractivity contribution < 1.29 is 9.32 Å². The molecule has 2 aromatic rings. The third-order valence-corrected chi connectivity index (χ3v) is 5.24. The molecule has 0 spiro atoms. The molecular formula is C17H23N5O2. The van der Waals surface area contributed by atoms with E-state index in [-0.39, 0.29) is 11.9 Å². The number of likely N-dealkylation sites (tertiary alicyclic amines) is 1. The van der Waals surface area contributed by atoms with Crippen LogP contribution in [0.15, 0.2) is 4.52 Å². The summed E-state index contributed by atoms with van der Waals surface area (Å²) >= 11 is 0. The molecule has 0 radical (unpaired) electrons. The Kier molecular flexibility index (Phi) is 3.66. The molecule has 3 heterocycles. The Bertz CT molecular complexity index is 774. The molecule has 0 aromatic carbocycles. The van der Waals surface area contributed by atoms with Crippen molar-refractivity contribution in [1.29, 1.82) is 0 Å². The molecule has 4 rings (SSSR count). The highest BCUT2D eigenvalue weighted by molar-refractivity contribution is 5.80. The molecule has 7 nitrogen and oxygen atoms in total. The zero-order chi connectivity index (χ0) is 16.8. The first-order valence-electron chi connectivity index (χ1n) is 8.66. The number of hydrogen-bond donors (Lipinski definition) is 0. The SMILES string of the molecule is Cc1nn(C)c(C)c1CC(=O)N1CCC[C@@H]1c1noc(C2CC2)n1. The largest absolute Gasteiger partial charge is 0.339 e. The lowest BCUT2D eigenvalue weighted by molar-refractivity contribution is -0.131. The summed E-state index contributed by atoms with van der Waals surface area (Å²) < 4.78 is 7.21. The lowest BCUT2D eigenvalue weighted by Gasteiger charge is -2.22. The summed E-state index contributed by atoms with van der Waals surface area (Å²) in [5.41, 5.74) is 3.00. The Balaban J connectivity index is 1.52. The first kappa shape index (κ1) is 15.4. The molecule has 2 aromatic heterocycles. The van der Waals surface area contributed by atoms with E-state index >= 15 is 0 Å². The molecule has 24 heavy (non-hydrogen) atoms. The minimum atomic E-state index is -0.0500. The smallest absolute Gasteiger partial charge is 0.229 e. The van der Waals surface area contributed by atoms with E-state index in [2.05, 4.69) is 15.2 Å². The van der Waals surface area contributed by atoms with Gasteiger partial charge in [-0.3, -0.25) is 9.48 Å². The van der Waals surface area contributed by atoms with Crippen LogP contribution in [0.4, 0.5) is 0 Å². The van der Waals surface area contributed by atoms with Gasteiger partial charge in [0.2, 0.25) is 11.8 Å². The second-order valence-corrected chi connectivity index (χ2v) is 6.96. The van der Waals surface area contributed by atoms with Gasteiger partial charge >= 0.3 is 0 Å². The van der Waals surface area contributed by atoms with Gasteiger partial charge in [-0.25, -0.2) is 0 Å². The van der Waals surface area contributed by atoms with Crippen LogP contribution in [-0.4, -0.2) is 37.3 Å². The molecule has 0 bridgehead atoms. The number of aryl methyl sites for hydroxylation is 2. The molecule has 1 saturated heterocycles. The van der Waals surface area contributed by atoms with Gasteiger partial charge in [-0.2, -0.15) is 10.1 Å². The van der Waals surface area contributed by atoms with E-state index < -0.39 is 0 Å². The van der Waals surface area contributed by atoms with Crippen molar-refractivity contribution >= 4 is 5.91 Å². The van der Waals surface area contributed by atoms with E-state index in [4.69, 9.17) is 4.52 Å². The minimum absolute atomic E-state index is 0.0500. The molecule has 1 saturated carbocycles. The maximum Gasteiger partial charge on any atom is 0.229 e. The van der Waals surface area contributed by atoms with Crippen LogP contribution < -0.4 is 0 Å². The molecule has 128 valence electrons. The third kappa shape index (κ3) is 2.61. The highest BCUT2D eigenvalue weighted by Crippen LogP contribution is 2.40. The highest BCUT2D eigenvalue weighted by atomic mass is 16.5. The summed E-state index contributed by atoms with van der Waals surface area (Å²) in [4.78, 5) is 19.3. The van der Waals surface area contributed by atoms with E-state index in [9.17, 15) is 4.79 Å². The topological polar surface area (TPSA) is 77.0 Å². The van der Waals surface area contributed by atoms with Gasteiger partial charge in [-0.05, 0) is 39.5 Å². The maximum atomic E-state index is 12.9. The second kappa shape index (κ2) is 5.72. The van der Waals surface area contributed by atoms with Crippen molar-refractivity contribution in [3.63, 3.8) is 0 Å². The third-order valence-electron chi connectivity index (χ3n) is 5.24. The predicted molar refractivity (Wildman–Crippen MR) is 86.3 cm³/mol. The van der Waals surface area contributed by atoms with Crippen molar-refractivity contribution in [2.45, 2.75) is 57.9 Å². The van der Waals surface area contributed by atoms with Gasteiger partial charge in [0.25, 0.3) is 0 Å². The number of aromatic nitrogens is 4. The van der Waals surface area contributed by atoms with Crippen LogP contribution in [0.25, 0.3) is 0 Å². The Morgan fingerprint density at radius 3 is 2.75 bits per heavy atom. The molecule has 1 aliphatic heterocycles. The van der Waals surface area contributed by atoms with E-state index in [1.54, 1.807) is 0 Å². The van der Waals surface area contributed by atoms with Gasteiger partial charge in [0, 0.05) is 30.8 Å². The Labute approximate surface area is 141 Å². The average Bonchev–Trinajstić information content (AvgIpc) is 3.01. The number of hydrogen-bond acceptors (Lipinski definition) is 5. The number of rotatable bonds is 4. The van der Waals surface area contributed by atoms with Crippen LogP contribution in [0.2, 0.25) is 0 Å². The summed E-state index contributed by atoms with van der Waals surface area (Å²) in [7, 11) is 1.91.